The first-order valence-electron chi connectivity index (χ1n) is 6.87. The number of carbonyl (C=O) groups is 2. The third-order valence-corrected chi connectivity index (χ3v) is 3.56. The second kappa shape index (κ2) is 6.52. The molecule has 5 heteroatoms. The Labute approximate surface area is 118 Å². The summed E-state index contributed by atoms with van der Waals surface area (Å²) in [5.74, 6) is -0.895. The second-order valence-corrected chi connectivity index (χ2v) is 5.28. The number of carbonyl (C=O) groups excluding carboxylic acids is 1. The van der Waals surface area contributed by atoms with Gasteiger partial charge in [-0.3, -0.25) is 14.5 Å². The van der Waals surface area contributed by atoms with E-state index >= 15 is 0 Å². The molecular formula is C15H20N2O3. The molecule has 0 radical (unpaired) electrons. The van der Waals surface area contributed by atoms with Crippen molar-refractivity contribution in [3.05, 3.63) is 29.8 Å². The number of aliphatic carboxylic acids is 1. The summed E-state index contributed by atoms with van der Waals surface area (Å²) in [6, 6.07) is 7.61. The number of hydrogen-bond acceptors (Lipinski definition) is 3. The lowest BCUT2D eigenvalue weighted by molar-refractivity contribution is -0.138. The Morgan fingerprint density at radius 2 is 2.25 bits per heavy atom. The van der Waals surface area contributed by atoms with Crippen LogP contribution >= 0.6 is 0 Å². The number of anilines is 1. The molecule has 1 aliphatic rings. The Morgan fingerprint density at radius 3 is 2.95 bits per heavy atom. The molecule has 1 atom stereocenters. The van der Waals surface area contributed by atoms with E-state index < -0.39 is 5.97 Å². The van der Waals surface area contributed by atoms with Gasteiger partial charge in [0.2, 0.25) is 5.91 Å². The molecule has 2 N–H and O–H groups in total. The van der Waals surface area contributed by atoms with Crippen LogP contribution in [-0.4, -0.2) is 41.0 Å². The SMILES string of the molecule is Cc1cccc(NC(=O)CN2CCCC2CC(=O)O)c1. The van der Waals surface area contributed by atoms with Crippen molar-refractivity contribution in [1.29, 1.82) is 0 Å². The van der Waals surface area contributed by atoms with Crippen LogP contribution in [-0.2, 0) is 9.59 Å². The van der Waals surface area contributed by atoms with Gasteiger partial charge in [0.15, 0.2) is 0 Å². The van der Waals surface area contributed by atoms with Crippen molar-refractivity contribution >= 4 is 17.6 Å². The Balaban J connectivity index is 1.89. The molecule has 1 amide bonds. The molecule has 2 rings (SSSR count). The van der Waals surface area contributed by atoms with Crippen LogP contribution in [0.4, 0.5) is 5.69 Å². The standard InChI is InChI=1S/C15H20N2O3/c1-11-4-2-5-12(8-11)16-14(18)10-17-7-3-6-13(17)9-15(19)20/h2,4-5,8,13H,3,6-7,9-10H2,1H3,(H,16,18)(H,19,20). The van der Waals surface area contributed by atoms with Crippen molar-refractivity contribution in [2.24, 2.45) is 0 Å². The maximum Gasteiger partial charge on any atom is 0.304 e. The van der Waals surface area contributed by atoms with Crippen molar-refractivity contribution in [1.82, 2.24) is 4.90 Å². The number of amides is 1. The van der Waals surface area contributed by atoms with E-state index in [4.69, 9.17) is 5.11 Å². The van der Waals surface area contributed by atoms with Gasteiger partial charge in [0, 0.05) is 11.7 Å². The van der Waals surface area contributed by atoms with Crippen LogP contribution < -0.4 is 5.32 Å². The van der Waals surface area contributed by atoms with Crippen molar-refractivity contribution in [2.45, 2.75) is 32.2 Å². The zero-order valence-electron chi connectivity index (χ0n) is 11.6. The van der Waals surface area contributed by atoms with Gasteiger partial charge in [-0.15, -0.1) is 0 Å². The molecule has 0 bridgehead atoms. The van der Waals surface area contributed by atoms with Gasteiger partial charge in [-0.2, -0.15) is 0 Å². The summed E-state index contributed by atoms with van der Waals surface area (Å²) in [6.45, 7) is 3.02. The summed E-state index contributed by atoms with van der Waals surface area (Å²) < 4.78 is 0. The van der Waals surface area contributed by atoms with Crippen LogP contribution in [0.5, 0.6) is 0 Å². The Bertz CT molecular complexity index is 502. The lowest BCUT2D eigenvalue weighted by Crippen LogP contribution is -2.37. The number of nitrogens with zero attached hydrogens (tertiary/aromatic N) is 1. The maximum atomic E-state index is 12.0. The number of hydrogen-bond donors (Lipinski definition) is 2. The molecule has 0 spiro atoms. The van der Waals surface area contributed by atoms with Crippen LogP contribution in [0.15, 0.2) is 24.3 Å². The number of likely N-dealkylation sites (tertiary alicyclic amines) is 1. The van der Waals surface area contributed by atoms with E-state index in [0.29, 0.717) is 0 Å². The number of aryl methyl sites for hydroxylation is 1. The van der Waals surface area contributed by atoms with Gasteiger partial charge in [-0.25, -0.2) is 0 Å². The van der Waals surface area contributed by atoms with Crippen LogP contribution in [0.3, 0.4) is 0 Å². The average Bonchev–Trinajstić information content (AvgIpc) is 2.75. The molecule has 0 saturated carbocycles. The van der Waals surface area contributed by atoms with Gasteiger partial charge in [0.25, 0.3) is 0 Å². The molecular weight excluding hydrogens is 256 g/mol. The van der Waals surface area contributed by atoms with Crippen LogP contribution in [0.1, 0.15) is 24.8 Å². The Morgan fingerprint density at radius 1 is 1.45 bits per heavy atom. The lowest BCUT2D eigenvalue weighted by atomic mass is 10.1. The van der Waals surface area contributed by atoms with Gasteiger partial charge < -0.3 is 10.4 Å². The highest BCUT2D eigenvalue weighted by Gasteiger charge is 2.27. The van der Waals surface area contributed by atoms with Gasteiger partial charge in [-0.05, 0) is 44.0 Å². The smallest absolute Gasteiger partial charge is 0.304 e. The highest BCUT2D eigenvalue weighted by Crippen LogP contribution is 2.20. The third-order valence-electron chi connectivity index (χ3n) is 3.56. The van der Waals surface area contributed by atoms with Crippen molar-refractivity contribution in [3.8, 4) is 0 Å². The minimum absolute atomic E-state index is 0.0178. The van der Waals surface area contributed by atoms with Crippen LogP contribution in [0, 0.1) is 6.92 Å². The van der Waals surface area contributed by atoms with E-state index in [9.17, 15) is 9.59 Å². The van der Waals surface area contributed by atoms with Crippen molar-refractivity contribution < 1.29 is 14.7 Å². The Kier molecular flexibility index (Phi) is 4.74. The normalized spacial score (nSPS) is 18.9. The molecule has 1 heterocycles. The van der Waals surface area contributed by atoms with E-state index in [-0.39, 0.29) is 24.9 Å². The monoisotopic (exact) mass is 276 g/mol. The molecule has 5 nitrogen and oxygen atoms in total. The topological polar surface area (TPSA) is 69.6 Å². The average molecular weight is 276 g/mol. The second-order valence-electron chi connectivity index (χ2n) is 5.28. The van der Waals surface area contributed by atoms with Gasteiger partial charge in [-0.1, -0.05) is 12.1 Å². The van der Waals surface area contributed by atoms with E-state index in [2.05, 4.69) is 5.32 Å². The predicted octanol–water partition coefficient (Wildman–Crippen LogP) is 1.87. The molecule has 0 aliphatic carbocycles. The summed E-state index contributed by atoms with van der Waals surface area (Å²) in [7, 11) is 0. The first-order valence-corrected chi connectivity index (χ1v) is 6.87. The molecule has 1 unspecified atom stereocenters. The van der Waals surface area contributed by atoms with E-state index in [0.717, 1.165) is 30.6 Å². The fraction of sp³-hybridized carbons (Fsp3) is 0.467. The quantitative estimate of drug-likeness (QED) is 0.861. The largest absolute Gasteiger partial charge is 0.481 e. The molecule has 1 saturated heterocycles. The summed E-state index contributed by atoms with van der Waals surface area (Å²) in [6.07, 6.45) is 1.91. The first-order chi connectivity index (χ1) is 9.54. The van der Waals surface area contributed by atoms with Crippen molar-refractivity contribution in [3.63, 3.8) is 0 Å². The summed E-state index contributed by atoms with van der Waals surface area (Å²) in [5, 5.41) is 11.7. The van der Waals surface area contributed by atoms with E-state index in [1.54, 1.807) is 0 Å². The molecule has 1 fully saturated rings. The van der Waals surface area contributed by atoms with Crippen LogP contribution in [0.2, 0.25) is 0 Å². The molecule has 108 valence electrons. The number of nitrogens with one attached hydrogen (secondary N) is 1. The van der Waals surface area contributed by atoms with Crippen LogP contribution in [0.25, 0.3) is 0 Å². The maximum absolute atomic E-state index is 12.0. The highest BCUT2D eigenvalue weighted by molar-refractivity contribution is 5.92. The fourth-order valence-corrected chi connectivity index (χ4v) is 2.64. The molecule has 0 aromatic heterocycles. The van der Waals surface area contributed by atoms with E-state index in [1.165, 1.54) is 0 Å². The summed E-state index contributed by atoms with van der Waals surface area (Å²) in [4.78, 5) is 24.8. The molecule has 20 heavy (non-hydrogen) atoms. The highest BCUT2D eigenvalue weighted by atomic mass is 16.4. The first kappa shape index (κ1) is 14.5. The van der Waals surface area contributed by atoms with Gasteiger partial charge >= 0.3 is 5.97 Å². The van der Waals surface area contributed by atoms with Gasteiger partial charge in [0.05, 0.1) is 13.0 Å². The predicted molar refractivity (Wildman–Crippen MR) is 76.7 cm³/mol. The number of benzene rings is 1. The number of carboxylic acid groups (broad SMARTS) is 1. The third kappa shape index (κ3) is 4.06. The molecule has 1 aromatic carbocycles. The van der Waals surface area contributed by atoms with Gasteiger partial charge in [0.1, 0.15) is 0 Å². The minimum atomic E-state index is -0.805. The van der Waals surface area contributed by atoms with E-state index in [1.807, 2.05) is 36.1 Å². The molecule has 1 aromatic rings. The zero-order chi connectivity index (χ0) is 14.5. The fourth-order valence-electron chi connectivity index (χ4n) is 2.64. The number of carboxylic acids is 1. The van der Waals surface area contributed by atoms with Crippen molar-refractivity contribution in [2.75, 3.05) is 18.4 Å². The lowest BCUT2D eigenvalue weighted by Gasteiger charge is -2.22. The number of rotatable bonds is 5. The Hall–Kier alpha value is -1.88. The summed E-state index contributed by atoms with van der Waals surface area (Å²) >= 11 is 0. The molecule has 1 aliphatic heterocycles. The minimum Gasteiger partial charge on any atom is -0.481 e. The summed E-state index contributed by atoms with van der Waals surface area (Å²) in [5.41, 5.74) is 1.87. The zero-order valence-corrected chi connectivity index (χ0v) is 11.6.